The van der Waals surface area contributed by atoms with Gasteiger partial charge in [0, 0.05) is 31.1 Å². The molecule has 34 heavy (non-hydrogen) atoms. The van der Waals surface area contributed by atoms with E-state index in [9.17, 15) is 13.6 Å². The number of carbonyl (C=O) groups excluding carboxylic acids is 1. The van der Waals surface area contributed by atoms with E-state index >= 15 is 0 Å². The molecule has 1 unspecified atom stereocenters. The number of aromatic amines is 1. The molecule has 2 aliphatic rings. The van der Waals surface area contributed by atoms with E-state index in [0.717, 1.165) is 49.6 Å². The Morgan fingerprint density at radius 3 is 2.65 bits per heavy atom. The minimum atomic E-state index is -0.882. The lowest BCUT2D eigenvalue weighted by Crippen LogP contribution is -2.46. The van der Waals surface area contributed by atoms with Crippen molar-refractivity contribution in [1.29, 1.82) is 0 Å². The number of nitrogens with zero attached hydrogens (tertiary/aromatic N) is 3. The highest BCUT2D eigenvalue weighted by Gasteiger charge is 2.29. The maximum atomic E-state index is 13.6. The number of nitrogens with one attached hydrogen (secondary N) is 2. The quantitative estimate of drug-likeness (QED) is 0.550. The molecule has 1 aromatic carbocycles. The highest BCUT2D eigenvalue weighted by atomic mass is 19.2. The molecule has 2 aromatic heterocycles. The van der Waals surface area contributed by atoms with Crippen LogP contribution in [0.2, 0.25) is 0 Å². The van der Waals surface area contributed by atoms with E-state index in [1.165, 1.54) is 18.9 Å². The van der Waals surface area contributed by atoms with Crippen LogP contribution in [0.15, 0.2) is 47.2 Å². The van der Waals surface area contributed by atoms with Crippen molar-refractivity contribution in [3.05, 3.63) is 66.0 Å². The number of halogens is 2. The largest absolute Gasteiger partial charge is 0.468 e. The molecule has 5 rings (SSSR count). The highest BCUT2D eigenvalue weighted by Crippen LogP contribution is 2.29. The van der Waals surface area contributed by atoms with Crippen molar-refractivity contribution in [2.75, 3.05) is 32.7 Å². The van der Waals surface area contributed by atoms with Crippen molar-refractivity contribution in [3.63, 3.8) is 0 Å². The molecule has 4 heterocycles. The van der Waals surface area contributed by atoms with Crippen LogP contribution in [0.1, 0.15) is 49.2 Å². The summed E-state index contributed by atoms with van der Waals surface area (Å²) in [5.41, 5.74) is 1.21. The van der Waals surface area contributed by atoms with Crippen molar-refractivity contribution < 1.29 is 18.0 Å². The summed E-state index contributed by atoms with van der Waals surface area (Å²) in [5.74, 6) is 0.128. The van der Waals surface area contributed by atoms with Gasteiger partial charge >= 0.3 is 6.03 Å². The van der Waals surface area contributed by atoms with Crippen LogP contribution >= 0.6 is 0 Å². The number of benzene rings is 1. The van der Waals surface area contributed by atoms with Crippen LogP contribution in [0, 0.1) is 11.6 Å². The number of furan rings is 1. The average molecular weight is 470 g/mol. The maximum Gasteiger partial charge on any atom is 0.317 e. The van der Waals surface area contributed by atoms with E-state index in [4.69, 9.17) is 4.42 Å². The van der Waals surface area contributed by atoms with Crippen LogP contribution in [-0.4, -0.2) is 58.5 Å². The van der Waals surface area contributed by atoms with Gasteiger partial charge in [0.1, 0.15) is 11.6 Å². The lowest BCUT2D eigenvalue weighted by Gasteiger charge is -2.32. The van der Waals surface area contributed by atoms with Crippen molar-refractivity contribution in [3.8, 4) is 11.3 Å². The van der Waals surface area contributed by atoms with Gasteiger partial charge in [0.05, 0.1) is 24.2 Å². The molecule has 0 radical (unpaired) electrons. The summed E-state index contributed by atoms with van der Waals surface area (Å²) < 4.78 is 32.4. The summed E-state index contributed by atoms with van der Waals surface area (Å²) in [5, 5.41) is 3.10. The van der Waals surface area contributed by atoms with E-state index in [1.54, 1.807) is 12.5 Å². The third-order valence-corrected chi connectivity index (χ3v) is 6.89. The Hall–Kier alpha value is -3.20. The summed E-state index contributed by atoms with van der Waals surface area (Å²) in [6, 6.07) is 7.66. The standard InChI is InChI=1S/C25H29F2N5O2/c26-19-6-5-18(14-20(19)27)21-15-28-24(30-21)17-7-11-32(12-8-17)25(33)29-16-22(23-4-3-13-34-23)31-9-1-2-10-31/h3-6,13-15,17,22H,1-2,7-12,16H2,(H,28,30)(H,29,33). The molecule has 0 bridgehead atoms. The number of hydrogen-bond acceptors (Lipinski definition) is 4. The van der Waals surface area contributed by atoms with Gasteiger partial charge in [0.25, 0.3) is 0 Å². The van der Waals surface area contributed by atoms with Gasteiger partial charge in [-0.2, -0.15) is 0 Å². The molecule has 180 valence electrons. The molecule has 2 saturated heterocycles. The molecule has 1 atom stereocenters. The number of hydrogen-bond donors (Lipinski definition) is 2. The van der Waals surface area contributed by atoms with Crippen molar-refractivity contribution in [2.45, 2.75) is 37.6 Å². The van der Waals surface area contributed by atoms with Gasteiger partial charge in [-0.15, -0.1) is 0 Å². The summed E-state index contributed by atoms with van der Waals surface area (Å²) >= 11 is 0. The molecule has 0 spiro atoms. The van der Waals surface area contributed by atoms with Gasteiger partial charge < -0.3 is 19.6 Å². The minimum absolute atomic E-state index is 0.0526. The van der Waals surface area contributed by atoms with Gasteiger partial charge in [-0.1, -0.05) is 0 Å². The Bertz CT molecular complexity index is 1100. The molecule has 9 heteroatoms. The van der Waals surface area contributed by atoms with E-state index in [2.05, 4.69) is 20.2 Å². The number of imidazole rings is 1. The zero-order valence-corrected chi connectivity index (χ0v) is 19.0. The number of likely N-dealkylation sites (tertiary alicyclic amines) is 2. The molecule has 0 aliphatic carbocycles. The fraction of sp³-hybridized carbons (Fsp3) is 0.440. The number of rotatable bonds is 6. The summed E-state index contributed by atoms with van der Waals surface area (Å²) in [4.78, 5) is 24.8. The summed E-state index contributed by atoms with van der Waals surface area (Å²) in [6.07, 6.45) is 7.23. The predicted molar refractivity (Wildman–Crippen MR) is 123 cm³/mol. The van der Waals surface area contributed by atoms with Crippen molar-refractivity contribution >= 4 is 6.03 Å². The Morgan fingerprint density at radius 1 is 1.15 bits per heavy atom. The minimum Gasteiger partial charge on any atom is -0.468 e. The fourth-order valence-electron chi connectivity index (χ4n) is 4.95. The summed E-state index contributed by atoms with van der Waals surface area (Å²) in [7, 11) is 0. The topological polar surface area (TPSA) is 77.4 Å². The monoisotopic (exact) mass is 469 g/mol. The zero-order chi connectivity index (χ0) is 23.5. The second-order valence-electron chi connectivity index (χ2n) is 9.03. The van der Waals surface area contributed by atoms with Crippen LogP contribution in [0.3, 0.4) is 0 Å². The van der Waals surface area contributed by atoms with E-state index < -0.39 is 11.6 Å². The van der Waals surface area contributed by atoms with Gasteiger partial charge in [0.15, 0.2) is 11.6 Å². The molecular formula is C25H29F2N5O2. The zero-order valence-electron chi connectivity index (χ0n) is 19.0. The Kier molecular flexibility index (Phi) is 6.62. The van der Waals surface area contributed by atoms with Crippen LogP contribution in [0.5, 0.6) is 0 Å². The lowest BCUT2D eigenvalue weighted by molar-refractivity contribution is 0.169. The molecule has 2 fully saturated rings. The SMILES string of the molecule is O=C(NCC(c1ccco1)N1CCCC1)N1CCC(c2ncc(-c3ccc(F)c(F)c3)[nH]2)CC1. The Morgan fingerprint density at radius 2 is 1.94 bits per heavy atom. The van der Waals surface area contributed by atoms with Crippen molar-refractivity contribution in [2.24, 2.45) is 0 Å². The first-order chi connectivity index (χ1) is 16.6. The number of carbonyl (C=O) groups is 1. The Balaban J connectivity index is 1.15. The van der Waals surface area contributed by atoms with Gasteiger partial charge in [-0.05, 0) is 69.1 Å². The average Bonchev–Trinajstić information content (AvgIpc) is 3.64. The number of amides is 2. The predicted octanol–water partition coefficient (Wildman–Crippen LogP) is 4.67. The van der Waals surface area contributed by atoms with Gasteiger partial charge in [0.2, 0.25) is 0 Å². The first kappa shape index (κ1) is 22.6. The van der Waals surface area contributed by atoms with Crippen LogP contribution in [0.25, 0.3) is 11.3 Å². The number of H-pyrrole nitrogens is 1. The third-order valence-electron chi connectivity index (χ3n) is 6.89. The molecule has 0 saturated carbocycles. The van der Waals surface area contributed by atoms with Gasteiger partial charge in [-0.3, -0.25) is 4.90 Å². The molecule has 2 amide bonds. The van der Waals surface area contributed by atoms with Gasteiger partial charge in [-0.25, -0.2) is 18.6 Å². The van der Waals surface area contributed by atoms with E-state index in [1.807, 2.05) is 17.0 Å². The first-order valence-corrected chi connectivity index (χ1v) is 11.9. The molecule has 2 aliphatic heterocycles. The number of aromatic nitrogens is 2. The second kappa shape index (κ2) is 9.97. The number of urea groups is 1. The fourth-order valence-corrected chi connectivity index (χ4v) is 4.95. The van der Waals surface area contributed by atoms with E-state index in [0.29, 0.717) is 30.9 Å². The number of piperidine rings is 1. The highest BCUT2D eigenvalue weighted by molar-refractivity contribution is 5.74. The van der Waals surface area contributed by atoms with Crippen LogP contribution in [0.4, 0.5) is 13.6 Å². The first-order valence-electron chi connectivity index (χ1n) is 11.9. The summed E-state index contributed by atoms with van der Waals surface area (Å²) in [6.45, 7) is 3.81. The molecule has 2 N–H and O–H groups in total. The van der Waals surface area contributed by atoms with E-state index in [-0.39, 0.29) is 18.0 Å². The third kappa shape index (κ3) is 4.84. The lowest BCUT2D eigenvalue weighted by atomic mass is 9.96. The second-order valence-corrected chi connectivity index (χ2v) is 9.03. The normalized spacial score (nSPS) is 18.4. The van der Waals surface area contributed by atoms with Crippen LogP contribution in [-0.2, 0) is 0 Å². The molecule has 3 aromatic rings. The Labute approximate surface area is 197 Å². The molecular weight excluding hydrogens is 440 g/mol. The molecule has 7 nitrogen and oxygen atoms in total. The smallest absolute Gasteiger partial charge is 0.317 e. The maximum absolute atomic E-state index is 13.6. The van der Waals surface area contributed by atoms with Crippen molar-refractivity contribution in [1.82, 2.24) is 25.1 Å². The van der Waals surface area contributed by atoms with Crippen LogP contribution < -0.4 is 5.32 Å².